The maximum atomic E-state index is 14.1. The molecular formula is C24H18ClFN2O4. The summed E-state index contributed by atoms with van der Waals surface area (Å²) in [7, 11) is 0. The molecule has 6 nitrogen and oxygen atoms in total. The highest BCUT2D eigenvalue weighted by Crippen LogP contribution is 2.38. The first-order valence-corrected chi connectivity index (χ1v) is 10.00. The molecule has 0 atom stereocenters. The number of benzene rings is 3. The number of non-ortho nitro benzene ring substituents is 1. The topological polar surface area (TPSA) is 85.4 Å². The van der Waals surface area contributed by atoms with Crippen molar-refractivity contribution in [2.75, 3.05) is 6.61 Å². The average Bonchev–Trinajstić information content (AvgIpc) is 2.78. The molecule has 0 saturated heterocycles. The van der Waals surface area contributed by atoms with Crippen molar-refractivity contribution in [3.63, 3.8) is 0 Å². The van der Waals surface area contributed by atoms with Crippen LogP contribution in [0.4, 0.5) is 10.1 Å². The average molecular weight is 453 g/mol. The van der Waals surface area contributed by atoms with Gasteiger partial charge in [0.05, 0.1) is 28.2 Å². The van der Waals surface area contributed by atoms with Crippen molar-refractivity contribution in [3.05, 3.63) is 98.3 Å². The molecule has 3 aromatic rings. The Bertz CT molecular complexity index is 1200. The predicted octanol–water partition coefficient (Wildman–Crippen LogP) is 6.43. The first kappa shape index (κ1) is 22.8. The van der Waals surface area contributed by atoms with Crippen LogP contribution in [0.15, 0.2) is 60.7 Å². The molecule has 0 bridgehead atoms. The fraction of sp³-hybridized carbons (Fsp3) is 0.125. The molecule has 0 aromatic heterocycles. The van der Waals surface area contributed by atoms with E-state index in [1.165, 1.54) is 30.3 Å². The number of ether oxygens (including phenoxy) is 2. The van der Waals surface area contributed by atoms with E-state index in [0.29, 0.717) is 29.2 Å². The van der Waals surface area contributed by atoms with Gasteiger partial charge in [0.2, 0.25) is 0 Å². The van der Waals surface area contributed by atoms with Crippen molar-refractivity contribution in [2.45, 2.75) is 13.5 Å². The Morgan fingerprint density at radius 1 is 1.19 bits per heavy atom. The Morgan fingerprint density at radius 2 is 1.91 bits per heavy atom. The number of nitro groups is 1. The summed E-state index contributed by atoms with van der Waals surface area (Å²) in [4.78, 5) is 10.3. The van der Waals surface area contributed by atoms with E-state index in [0.717, 1.165) is 0 Å². The van der Waals surface area contributed by atoms with Crippen LogP contribution in [0.1, 0.15) is 23.6 Å². The molecule has 0 saturated carbocycles. The van der Waals surface area contributed by atoms with Gasteiger partial charge in [0, 0.05) is 17.7 Å². The van der Waals surface area contributed by atoms with Crippen LogP contribution in [0.2, 0.25) is 5.02 Å². The molecule has 0 heterocycles. The van der Waals surface area contributed by atoms with Crippen molar-refractivity contribution in [1.29, 1.82) is 5.26 Å². The third-order valence-corrected chi connectivity index (χ3v) is 4.74. The normalized spacial score (nSPS) is 11.0. The van der Waals surface area contributed by atoms with Gasteiger partial charge in [0.1, 0.15) is 12.4 Å². The number of nitrogens with zero attached hydrogens (tertiary/aromatic N) is 2. The molecular weight excluding hydrogens is 435 g/mol. The van der Waals surface area contributed by atoms with Gasteiger partial charge in [-0.25, -0.2) is 4.39 Å². The molecule has 0 spiro atoms. The SMILES string of the molecule is CCOc1cc(C=C(C#N)c2ccccc2F)cc(Cl)c1OCc1ccc([N+](=O)[O-])cc1. The third kappa shape index (κ3) is 5.42. The molecule has 3 aromatic carbocycles. The lowest BCUT2D eigenvalue weighted by Gasteiger charge is -2.15. The van der Waals surface area contributed by atoms with Crippen molar-refractivity contribution in [1.82, 2.24) is 0 Å². The molecule has 0 aliphatic rings. The van der Waals surface area contributed by atoms with Gasteiger partial charge >= 0.3 is 0 Å². The Balaban J connectivity index is 1.90. The van der Waals surface area contributed by atoms with Crippen LogP contribution in [0.25, 0.3) is 11.6 Å². The summed E-state index contributed by atoms with van der Waals surface area (Å²) in [6.45, 7) is 2.26. The molecule has 0 radical (unpaired) electrons. The summed E-state index contributed by atoms with van der Waals surface area (Å²) in [6, 6.07) is 17.2. The van der Waals surface area contributed by atoms with Gasteiger partial charge in [-0.3, -0.25) is 10.1 Å². The first-order chi connectivity index (χ1) is 15.4. The van der Waals surface area contributed by atoms with Crippen LogP contribution in [-0.2, 0) is 6.61 Å². The van der Waals surface area contributed by atoms with Gasteiger partial charge in [-0.1, -0.05) is 29.8 Å². The predicted molar refractivity (Wildman–Crippen MR) is 120 cm³/mol. The van der Waals surface area contributed by atoms with Crippen LogP contribution < -0.4 is 9.47 Å². The fourth-order valence-corrected chi connectivity index (χ4v) is 3.23. The van der Waals surface area contributed by atoms with Gasteiger partial charge in [0.15, 0.2) is 11.5 Å². The summed E-state index contributed by atoms with van der Waals surface area (Å²) in [5.41, 5.74) is 1.56. The molecule has 32 heavy (non-hydrogen) atoms. The lowest BCUT2D eigenvalue weighted by Crippen LogP contribution is -2.01. The van der Waals surface area contributed by atoms with E-state index in [9.17, 15) is 19.8 Å². The van der Waals surface area contributed by atoms with Crippen LogP contribution in [0.5, 0.6) is 11.5 Å². The molecule has 0 aliphatic heterocycles. The van der Waals surface area contributed by atoms with Gasteiger partial charge in [0.25, 0.3) is 5.69 Å². The smallest absolute Gasteiger partial charge is 0.269 e. The number of halogens is 2. The second-order valence-electron chi connectivity index (χ2n) is 6.62. The van der Waals surface area contributed by atoms with E-state index < -0.39 is 10.7 Å². The van der Waals surface area contributed by atoms with Gasteiger partial charge in [-0.15, -0.1) is 0 Å². The summed E-state index contributed by atoms with van der Waals surface area (Å²) < 4.78 is 25.6. The van der Waals surface area contributed by atoms with E-state index >= 15 is 0 Å². The number of rotatable bonds is 8. The van der Waals surface area contributed by atoms with Crippen molar-refractivity contribution in [3.8, 4) is 17.6 Å². The van der Waals surface area contributed by atoms with Crippen molar-refractivity contribution in [2.24, 2.45) is 0 Å². The largest absolute Gasteiger partial charge is 0.490 e. The second kappa shape index (κ2) is 10.4. The van der Waals surface area contributed by atoms with Gasteiger partial charge < -0.3 is 9.47 Å². The number of allylic oxidation sites excluding steroid dienone is 1. The highest BCUT2D eigenvalue weighted by atomic mass is 35.5. The number of hydrogen-bond acceptors (Lipinski definition) is 5. The van der Waals surface area contributed by atoms with E-state index in [1.54, 1.807) is 43.3 Å². The minimum absolute atomic E-state index is 0.0129. The van der Waals surface area contributed by atoms with Gasteiger partial charge in [-0.2, -0.15) is 5.26 Å². The molecule has 0 amide bonds. The summed E-state index contributed by atoms with van der Waals surface area (Å²) in [6.07, 6.45) is 1.52. The highest BCUT2D eigenvalue weighted by molar-refractivity contribution is 6.32. The molecule has 0 aliphatic carbocycles. The molecule has 0 unspecified atom stereocenters. The van der Waals surface area contributed by atoms with Crippen LogP contribution in [0.3, 0.4) is 0 Å². The zero-order valence-corrected chi connectivity index (χ0v) is 17.8. The molecule has 8 heteroatoms. The first-order valence-electron chi connectivity index (χ1n) is 9.62. The lowest BCUT2D eigenvalue weighted by molar-refractivity contribution is -0.384. The quantitative estimate of drug-likeness (QED) is 0.170. The van der Waals surface area contributed by atoms with Crippen LogP contribution >= 0.6 is 11.6 Å². The minimum atomic E-state index is -0.500. The Kier molecular flexibility index (Phi) is 7.42. The fourth-order valence-electron chi connectivity index (χ4n) is 2.96. The lowest BCUT2D eigenvalue weighted by atomic mass is 10.0. The molecule has 162 valence electrons. The number of nitriles is 1. The van der Waals surface area contributed by atoms with E-state index in [2.05, 4.69) is 0 Å². The maximum absolute atomic E-state index is 14.1. The molecule has 0 fully saturated rings. The molecule has 0 N–H and O–H groups in total. The Labute approximate surface area is 189 Å². The number of hydrogen-bond donors (Lipinski definition) is 0. The summed E-state index contributed by atoms with van der Waals surface area (Å²) in [5, 5.41) is 20.5. The van der Waals surface area contributed by atoms with E-state index in [1.807, 2.05) is 6.07 Å². The van der Waals surface area contributed by atoms with Crippen molar-refractivity contribution < 1.29 is 18.8 Å². The highest BCUT2D eigenvalue weighted by Gasteiger charge is 2.14. The monoisotopic (exact) mass is 452 g/mol. The Hall–Kier alpha value is -3.89. The second-order valence-corrected chi connectivity index (χ2v) is 7.03. The maximum Gasteiger partial charge on any atom is 0.269 e. The standard InChI is InChI=1S/C24H18ClFN2O4/c1-2-31-23-13-17(11-18(14-27)20-5-3-4-6-22(20)26)12-21(25)24(23)32-15-16-7-9-19(10-8-16)28(29)30/h3-13H,2,15H2,1H3. The zero-order chi connectivity index (χ0) is 23.1. The van der Waals surface area contributed by atoms with Crippen LogP contribution in [-0.4, -0.2) is 11.5 Å². The van der Waals surface area contributed by atoms with Crippen LogP contribution in [0, 0.1) is 27.3 Å². The van der Waals surface area contributed by atoms with E-state index in [4.69, 9.17) is 21.1 Å². The molecule has 3 rings (SSSR count). The summed E-state index contributed by atoms with van der Waals surface area (Å²) in [5.74, 6) is 0.159. The minimum Gasteiger partial charge on any atom is -0.490 e. The zero-order valence-electron chi connectivity index (χ0n) is 17.0. The third-order valence-electron chi connectivity index (χ3n) is 4.46. The van der Waals surface area contributed by atoms with E-state index in [-0.39, 0.29) is 28.5 Å². The number of nitro benzene ring substituents is 1. The van der Waals surface area contributed by atoms with Gasteiger partial charge in [-0.05, 0) is 54.5 Å². The summed E-state index contributed by atoms with van der Waals surface area (Å²) >= 11 is 6.43. The Morgan fingerprint density at radius 3 is 2.53 bits per heavy atom. The van der Waals surface area contributed by atoms with Crippen molar-refractivity contribution >= 4 is 28.9 Å².